The highest BCUT2D eigenvalue weighted by Gasteiger charge is 2.06. The van der Waals surface area contributed by atoms with Gasteiger partial charge in [0.2, 0.25) is 5.91 Å². The fourth-order valence-electron chi connectivity index (χ4n) is 3.19. The van der Waals surface area contributed by atoms with Crippen molar-refractivity contribution in [1.29, 1.82) is 0 Å². The van der Waals surface area contributed by atoms with Crippen LogP contribution in [0.4, 0.5) is 0 Å². The summed E-state index contributed by atoms with van der Waals surface area (Å²) in [5.74, 6) is -2.46. The molecule has 1 amide bonds. The molecule has 6 heteroatoms. The van der Waals surface area contributed by atoms with Gasteiger partial charge < -0.3 is 20.8 Å². The zero-order valence-corrected chi connectivity index (χ0v) is 17.4. The Morgan fingerprint density at radius 3 is 2.56 bits per heavy atom. The van der Waals surface area contributed by atoms with Gasteiger partial charge in [-0.1, -0.05) is 51.7 Å². The lowest BCUT2D eigenvalue weighted by atomic mass is 9.97. The zero-order valence-electron chi connectivity index (χ0n) is 15.8. The fourth-order valence-corrected chi connectivity index (χ4v) is 3.46. The first-order valence-electron chi connectivity index (χ1n) is 9.84. The van der Waals surface area contributed by atoms with Gasteiger partial charge in [0.25, 0.3) is 0 Å². The van der Waals surface area contributed by atoms with Gasteiger partial charge in [-0.25, -0.2) is 0 Å². The van der Waals surface area contributed by atoms with Gasteiger partial charge in [0.1, 0.15) is 0 Å². The number of allylic oxidation sites excluding steroid dienone is 1. The Kier molecular flexibility index (Phi) is 9.48. The molecule has 0 saturated carbocycles. The van der Waals surface area contributed by atoms with Gasteiger partial charge in [-0.2, -0.15) is 0 Å². The fraction of sp³-hybridized carbons (Fsp3) is 0.571. The minimum Gasteiger partial charge on any atom is -0.848 e. The lowest BCUT2D eigenvalue weighted by molar-refractivity contribution is -0.744. The first-order valence-corrected chi connectivity index (χ1v) is 10.6. The van der Waals surface area contributed by atoms with Crippen molar-refractivity contribution in [2.45, 2.75) is 63.7 Å². The number of hydrogen-bond acceptors (Lipinski definition) is 4. The zero-order chi connectivity index (χ0) is 19.5. The first-order chi connectivity index (χ1) is 13.0. The Bertz CT molecular complexity index is 614. The van der Waals surface area contributed by atoms with Crippen molar-refractivity contribution in [3.05, 3.63) is 46.0 Å². The topological polar surface area (TPSA) is 87.2 Å². The van der Waals surface area contributed by atoms with E-state index in [9.17, 15) is 15.0 Å². The van der Waals surface area contributed by atoms with E-state index in [0.29, 0.717) is 25.9 Å². The predicted molar refractivity (Wildman–Crippen MR) is 106 cm³/mol. The van der Waals surface area contributed by atoms with E-state index in [1.165, 1.54) is 43.4 Å². The number of rotatable bonds is 11. The maximum Gasteiger partial charge on any atom is 0.220 e. The molecule has 0 aliphatic heterocycles. The lowest BCUT2D eigenvalue weighted by Gasteiger charge is -2.50. The van der Waals surface area contributed by atoms with Gasteiger partial charge in [0.05, 0.1) is 0 Å². The van der Waals surface area contributed by atoms with E-state index in [0.717, 1.165) is 23.7 Å². The minimum atomic E-state index is -2.54. The van der Waals surface area contributed by atoms with E-state index < -0.39 is 5.91 Å². The summed E-state index contributed by atoms with van der Waals surface area (Å²) in [5.41, 5.74) is 1.65. The van der Waals surface area contributed by atoms with Crippen molar-refractivity contribution in [2.24, 2.45) is 0 Å². The van der Waals surface area contributed by atoms with Crippen LogP contribution in [0.25, 0.3) is 0 Å². The summed E-state index contributed by atoms with van der Waals surface area (Å²) >= 11 is 3.28. The molecule has 2 rings (SSSR count). The average molecular weight is 437 g/mol. The Morgan fingerprint density at radius 2 is 1.85 bits per heavy atom. The Morgan fingerprint density at radius 1 is 1.07 bits per heavy atom. The van der Waals surface area contributed by atoms with Crippen LogP contribution in [0.15, 0.2) is 40.4 Å². The molecule has 1 aromatic rings. The van der Waals surface area contributed by atoms with Crippen LogP contribution in [0.1, 0.15) is 63.4 Å². The molecule has 0 heterocycles. The summed E-state index contributed by atoms with van der Waals surface area (Å²) in [4.78, 5) is 11.8. The van der Waals surface area contributed by atoms with Crippen LogP contribution in [0, 0.1) is 0 Å². The highest BCUT2D eigenvalue weighted by molar-refractivity contribution is 9.10. The van der Waals surface area contributed by atoms with E-state index in [1.54, 1.807) is 12.1 Å². The number of hydrogen-bond donors (Lipinski definition) is 2. The molecule has 0 atom stereocenters. The maximum atomic E-state index is 12.1. The minimum absolute atomic E-state index is 0.0798. The monoisotopic (exact) mass is 436 g/mol. The van der Waals surface area contributed by atoms with E-state index in [2.05, 4.69) is 32.6 Å². The normalized spacial score (nSPS) is 14.7. The summed E-state index contributed by atoms with van der Waals surface area (Å²) in [6, 6.07) is 6.44. The second-order valence-electron chi connectivity index (χ2n) is 7.07. The molecule has 27 heavy (non-hydrogen) atoms. The molecule has 0 spiro atoms. The molecule has 0 saturated heterocycles. The third-order valence-corrected chi connectivity index (χ3v) is 5.34. The van der Waals surface area contributed by atoms with Crippen LogP contribution < -0.4 is 20.8 Å². The number of carbonyl (C=O) groups excluding carboxylic acids is 1. The van der Waals surface area contributed by atoms with Crippen LogP contribution in [0.2, 0.25) is 0 Å². The van der Waals surface area contributed by atoms with Crippen LogP contribution in [-0.2, 0) is 10.7 Å². The Hall–Kier alpha value is -1.21. The Balaban J connectivity index is 1.51. The molecule has 0 aromatic heterocycles. The molecule has 150 valence electrons. The van der Waals surface area contributed by atoms with E-state index in [4.69, 9.17) is 0 Å². The van der Waals surface area contributed by atoms with Crippen molar-refractivity contribution in [3.63, 3.8) is 0 Å². The van der Waals surface area contributed by atoms with Crippen molar-refractivity contribution in [2.75, 3.05) is 13.1 Å². The van der Waals surface area contributed by atoms with Crippen LogP contribution in [0.3, 0.4) is 0 Å². The number of carbonyl (C=O) groups is 1. The Labute approximate surface area is 170 Å². The maximum absolute atomic E-state index is 12.1. The first kappa shape index (κ1) is 22.1. The SMILES string of the molecule is O=C(CCCCCNC([O-])([O-])c1ccc(Br)cc1)NCCC1=CCCCC1. The predicted octanol–water partition coefficient (Wildman–Crippen LogP) is 2.44. The van der Waals surface area contributed by atoms with Gasteiger partial charge in [0, 0.05) is 17.4 Å². The third-order valence-electron chi connectivity index (χ3n) is 4.82. The van der Waals surface area contributed by atoms with Crippen molar-refractivity contribution in [1.82, 2.24) is 10.6 Å². The molecule has 5 nitrogen and oxygen atoms in total. The van der Waals surface area contributed by atoms with Crippen molar-refractivity contribution in [3.8, 4) is 0 Å². The molecular weight excluding hydrogens is 408 g/mol. The largest absolute Gasteiger partial charge is 0.848 e. The number of amides is 1. The van der Waals surface area contributed by atoms with Gasteiger partial charge in [0.15, 0.2) is 0 Å². The molecule has 0 fully saturated rings. The summed E-state index contributed by atoms with van der Waals surface area (Å²) < 4.78 is 0.829. The summed E-state index contributed by atoms with van der Waals surface area (Å²) in [6.45, 7) is 1.06. The molecule has 2 N–H and O–H groups in total. The molecule has 0 unspecified atom stereocenters. The van der Waals surface area contributed by atoms with Crippen molar-refractivity contribution < 1.29 is 15.0 Å². The van der Waals surface area contributed by atoms with Gasteiger partial charge in [-0.05, 0) is 63.6 Å². The molecule has 1 aliphatic carbocycles. The molecule has 1 aromatic carbocycles. The highest BCUT2D eigenvalue weighted by atomic mass is 79.9. The average Bonchev–Trinajstić information content (AvgIpc) is 2.66. The highest BCUT2D eigenvalue weighted by Crippen LogP contribution is 2.19. The second-order valence-corrected chi connectivity index (χ2v) is 7.98. The molecular formula is C21H29BrN2O3-2. The van der Waals surface area contributed by atoms with Crippen molar-refractivity contribution >= 4 is 21.8 Å². The summed E-state index contributed by atoms with van der Waals surface area (Å²) in [6.07, 6.45) is 10.9. The number of nitrogens with one attached hydrogen (secondary N) is 2. The standard InChI is InChI=1S/C21H29BrN2O3/c22-19-12-10-18(11-13-19)21(26,27)24-15-6-2-5-9-20(25)23-16-14-17-7-3-1-4-8-17/h7,10-13,24H,1-6,8-9,14-16H2,(H,23,25)/q-2. The number of benzene rings is 1. The van der Waals surface area contributed by atoms with Crippen LogP contribution >= 0.6 is 15.9 Å². The lowest BCUT2D eigenvalue weighted by Crippen LogP contribution is -2.63. The van der Waals surface area contributed by atoms with E-state index in [-0.39, 0.29) is 11.5 Å². The number of unbranched alkanes of at least 4 members (excludes halogenated alkanes) is 2. The summed E-state index contributed by atoms with van der Waals surface area (Å²) in [5, 5.41) is 29.6. The van der Waals surface area contributed by atoms with E-state index >= 15 is 0 Å². The third kappa shape index (κ3) is 8.56. The van der Waals surface area contributed by atoms with Gasteiger partial charge >= 0.3 is 0 Å². The molecule has 1 aliphatic rings. The number of halogens is 1. The van der Waals surface area contributed by atoms with Crippen LogP contribution in [-0.4, -0.2) is 19.0 Å². The quantitative estimate of drug-likeness (QED) is 0.316. The second kappa shape index (κ2) is 11.6. The van der Waals surface area contributed by atoms with Gasteiger partial charge in [-0.15, -0.1) is 5.91 Å². The smallest absolute Gasteiger partial charge is 0.220 e. The molecule has 0 radical (unpaired) electrons. The van der Waals surface area contributed by atoms with E-state index in [1.807, 2.05) is 0 Å². The van der Waals surface area contributed by atoms with Crippen LogP contribution in [0.5, 0.6) is 0 Å². The molecule has 0 bridgehead atoms. The van der Waals surface area contributed by atoms with Gasteiger partial charge in [-0.3, -0.25) is 4.79 Å². The summed E-state index contributed by atoms with van der Waals surface area (Å²) in [7, 11) is 0.